The molecule has 0 spiro atoms. The average molecular weight is 262 g/mol. The van der Waals surface area contributed by atoms with Crippen molar-refractivity contribution in [2.75, 3.05) is 26.7 Å². The van der Waals surface area contributed by atoms with E-state index in [4.69, 9.17) is 0 Å². The van der Waals surface area contributed by atoms with Gasteiger partial charge in [0.2, 0.25) is 5.91 Å². The second kappa shape index (κ2) is 5.33. The van der Waals surface area contributed by atoms with Crippen molar-refractivity contribution in [2.24, 2.45) is 5.92 Å². The fourth-order valence-electron chi connectivity index (χ4n) is 3.39. The molecule has 0 aromatic carbocycles. The Bertz CT molecular complexity index is 431. The van der Waals surface area contributed by atoms with Crippen LogP contribution in [0.1, 0.15) is 24.8 Å². The first kappa shape index (κ1) is 12.7. The summed E-state index contributed by atoms with van der Waals surface area (Å²) in [7, 11) is 2.18. The lowest BCUT2D eigenvalue weighted by atomic mass is 10.1. The topological polar surface area (TPSA) is 52.2 Å². The predicted molar refractivity (Wildman–Crippen MR) is 72.6 cm³/mol. The Labute approximate surface area is 114 Å². The molecule has 0 bridgehead atoms. The van der Waals surface area contributed by atoms with Gasteiger partial charge < -0.3 is 9.80 Å². The van der Waals surface area contributed by atoms with Crippen LogP contribution in [-0.2, 0) is 11.2 Å². The van der Waals surface area contributed by atoms with Gasteiger partial charge in [0.1, 0.15) is 0 Å². The third-order valence-corrected chi connectivity index (χ3v) is 4.59. The Hall–Kier alpha value is -1.36. The van der Waals surface area contributed by atoms with Gasteiger partial charge in [0, 0.05) is 31.7 Å². The number of fused-ring (bicyclic) bond motifs is 1. The summed E-state index contributed by atoms with van der Waals surface area (Å²) in [4.78, 5) is 16.7. The summed E-state index contributed by atoms with van der Waals surface area (Å²) in [5.74, 6) is 1.04. The molecule has 3 rings (SSSR count). The number of aromatic amines is 1. The molecular weight excluding hydrogens is 240 g/mol. The third-order valence-electron chi connectivity index (χ3n) is 4.59. The number of likely N-dealkylation sites (tertiary alicyclic amines) is 2. The Morgan fingerprint density at radius 3 is 3.16 bits per heavy atom. The Morgan fingerprint density at radius 2 is 2.42 bits per heavy atom. The van der Waals surface area contributed by atoms with Crippen molar-refractivity contribution in [1.29, 1.82) is 0 Å². The molecule has 2 unspecified atom stereocenters. The molecule has 5 nitrogen and oxygen atoms in total. The molecule has 1 N–H and O–H groups in total. The fourth-order valence-corrected chi connectivity index (χ4v) is 3.39. The summed E-state index contributed by atoms with van der Waals surface area (Å²) in [5, 5.41) is 6.72. The van der Waals surface area contributed by atoms with E-state index in [2.05, 4.69) is 27.0 Å². The van der Waals surface area contributed by atoms with Crippen LogP contribution in [0, 0.1) is 5.92 Å². The molecule has 104 valence electrons. The molecule has 19 heavy (non-hydrogen) atoms. The fraction of sp³-hybridized carbons (Fsp3) is 0.714. The normalized spacial score (nSPS) is 26.9. The van der Waals surface area contributed by atoms with Gasteiger partial charge in [0.05, 0.1) is 6.20 Å². The van der Waals surface area contributed by atoms with E-state index in [1.165, 1.54) is 18.5 Å². The van der Waals surface area contributed by atoms with Crippen molar-refractivity contribution in [3.8, 4) is 0 Å². The maximum Gasteiger partial charge on any atom is 0.222 e. The quantitative estimate of drug-likeness (QED) is 0.877. The number of aryl methyl sites for hydroxylation is 1. The van der Waals surface area contributed by atoms with Crippen molar-refractivity contribution in [1.82, 2.24) is 20.0 Å². The van der Waals surface area contributed by atoms with E-state index in [0.717, 1.165) is 25.9 Å². The van der Waals surface area contributed by atoms with Crippen LogP contribution < -0.4 is 0 Å². The number of nitrogens with one attached hydrogen (secondary N) is 1. The van der Waals surface area contributed by atoms with Crippen molar-refractivity contribution < 1.29 is 4.79 Å². The molecule has 1 amide bonds. The second-order valence-corrected chi connectivity index (χ2v) is 5.86. The first-order valence-electron chi connectivity index (χ1n) is 7.19. The highest BCUT2D eigenvalue weighted by Gasteiger charge is 2.40. The molecule has 2 saturated heterocycles. The van der Waals surface area contributed by atoms with Crippen molar-refractivity contribution in [3.63, 3.8) is 0 Å². The van der Waals surface area contributed by atoms with E-state index in [1.807, 2.05) is 12.4 Å². The molecule has 0 radical (unpaired) electrons. The summed E-state index contributed by atoms with van der Waals surface area (Å²) in [6.45, 7) is 3.10. The van der Waals surface area contributed by atoms with Crippen molar-refractivity contribution >= 4 is 5.91 Å². The summed E-state index contributed by atoms with van der Waals surface area (Å²) in [5.41, 5.74) is 1.19. The number of nitrogens with zero attached hydrogens (tertiary/aromatic N) is 3. The van der Waals surface area contributed by atoms with Gasteiger partial charge in [-0.3, -0.25) is 9.89 Å². The van der Waals surface area contributed by atoms with E-state index in [0.29, 0.717) is 24.3 Å². The lowest BCUT2D eigenvalue weighted by molar-refractivity contribution is -0.130. The van der Waals surface area contributed by atoms with E-state index in [9.17, 15) is 4.79 Å². The van der Waals surface area contributed by atoms with Crippen LogP contribution in [0.5, 0.6) is 0 Å². The molecular formula is C14H22N4O. The molecule has 3 heterocycles. The monoisotopic (exact) mass is 262 g/mol. The number of hydrogen-bond acceptors (Lipinski definition) is 3. The Morgan fingerprint density at radius 1 is 1.53 bits per heavy atom. The first-order chi connectivity index (χ1) is 9.24. The van der Waals surface area contributed by atoms with Gasteiger partial charge in [-0.05, 0) is 44.3 Å². The minimum absolute atomic E-state index is 0.325. The molecule has 0 aliphatic carbocycles. The van der Waals surface area contributed by atoms with Gasteiger partial charge >= 0.3 is 0 Å². The predicted octanol–water partition coefficient (Wildman–Crippen LogP) is 0.895. The van der Waals surface area contributed by atoms with E-state index < -0.39 is 0 Å². The van der Waals surface area contributed by atoms with Gasteiger partial charge in [0.15, 0.2) is 0 Å². The SMILES string of the molecule is CN1CCC2CN(C(=O)CCCc3cn[nH]c3)CC21. The van der Waals surface area contributed by atoms with E-state index >= 15 is 0 Å². The average Bonchev–Trinajstić information content (AvgIpc) is 3.08. The van der Waals surface area contributed by atoms with Gasteiger partial charge in [0.25, 0.3) is 0 Å². The minimum atomic E-state index is 0.325. The number of carbonyl (C=O) groups is 1. The van der Waals surface area contributed by atoms with Gasteiger partial charge in [-0.2, -0.15) is 5.10 Å². The first-order valence-corrected chi connectivity index (χ1v) is 7.19. The summed E-state index contributed by atoms with van der Waals surface area (Å²) in [6, 6.07) is 0.609. The maximum atomic E-state index is 12.2. The number of likely N-dealkylation sites (N-methyl/N-ethyl adjacent to an activating group) is 1. The van der Waals surface area contributed by atoms with Crippen LogP contribution in [0.25, 0.3) is 0 Å². The number of carbonyl (C=O) groups excluding carboxylic acids is 1. The van der Waals surface area contributed by atoms with Crippen LogP contribution in [0.2, 0.25) is 0 Å². The number of amides is 1. The zero-order valence-electron chi connectivity index (χ0n) is 11.5. The van der Waals surface area contributed by atoms with E-state index in [-0.39, 0.29) is 0 Å². The summed E-state index contributed by atoms with van der Waals surface area (Å²) in [6.07, 6.45) is 7.50. The van der Waals surface area contributed by atoms with Gasteiger partial charge in [-0.25, -0.2) is 0 Å². The maximum absolute atomic E-state index is 12.2. The highest BCUT2D eigenvalue weighted by Crippen LogP contribution is 2.30. The Balaban J connectivity index is 1.44. The largest absolute Gasteiger partial charge is 0.341 e. The van der Waals surface area contributed by atoms with Crippen LogP contribution in [0.15, 0.2) is 12.4 Å². The van der Waals surface area contributed by atoms with Gasteiger partial charge in [-0.1, -0.05) is 0 Å². The zero-order valence-corrected chi connectivity index (χ0v) is 11.5. The number of H-pyrrole nitrogens is 1. The minimum Gasteiger partial charge on any atom is -0.341 e. The molecule has 2 atom stereocenters. The molecule has 5 heteroatoms. The van der Waals surface area contributed by atoms with Crippen LogP contribution in [0.3, 0.4) is 0 Å². The summed E-state index contributed by atoms with van der Waals surface area (Å²) < 4.78 is 0. The standard InChI is InChI=1S/C14H22N4O/c1-17-6-5-12-9-18(10-13(12)17)14(19)4-2-3-11-7-15-16-8-11/h7-8,12-13H,2-6,9-10H2,1H3,(H,15,16). The molecule has 0 saturated carbocycles. The Kier molecular flexibility index (Phi) is 3.55. The highest BCUT2D eigenvalue weighted by atomic mass is 16.2. The van der Waals surface area contributed by atoms with E-state index in [1.54, 1.807) is 0 Å². The van der Waals surface area contributed by atoms with Gasteiger partial charge in [-0.15, -0.1) is 0 Å². The zero-order chi connectivity index (χ0) is 13.2. The lowest BCUT2D eigenvalue weighted by Crippen LogP contribution is -2.34. The van der Waals surface area contributed by atoms with Crippen molar-refractivity contribution in [3.05, 3.63) is 18.0 Å². The number of hydrogen-bond donors (Lipinski definition) is 1. The van der Waals surface area contributed by atoms with Crippen LogP contribution >= 0.6 is 0 Å². The molecule has 2 fully saturated rings. The van der Waals surface area contributed by atoms with Crippen LogP contribution in [0.4, 0.5) is 0 Å². The third kappa shape index (κ3) is 2.66. The molecule has 1 aromatic rings. The van der Waals surface area contributed by atoms with Crippen molar-refractivity contribution in [2.45, 2.75) is 31.7 Å². The molecule has 2 aliphatic rings. The molecule has 2 aliphatic heterocycles. The second-order valence-electron chi connectivity index (χ2n) is 5.86. The lowest BCUT2D eigenvalue weighted by Gasteiger charge is -2.20. The smallest absolute Gasteiger partial charge is 0.222 e. The summed E-state index contributed by atoms with van der Waals surface area (Å²) >= 11 is 0. The highest BCUT2D eigenvalue weighted by molar-refractivity contribution is 5.76. The number of rotatable bonds is 4. The molecule has 1 aromatic heterocycles. The van der Waals surface area contributed by atoms with Crippen LogP contribution in [-0.4, -0.2) is 58.6 Å². The number of aromatic nitrogens is 2.